The first kappa shape index (κ1) is 25.7. The van der Waals surface area contributed by atoms with E-state index < -0.39 is 41.3 Å². The van der Waals surface area contributed by atoms with Crippen molar-refractivity contribution < 1.29 is 27.2 Å². The molecule has 0 radical (unpaired) electrons. The number of pyridine rings is 1. The Morgan fingerprint density at radius 3 is 2.37 bits per heavy atom. The molecule has 1 atom stereocenters. The minimum absolute atomic E-state index is 0.149. The van der Waals surface area contributed by atoms with Crippen molar-refractivity contribution in [2.45, 2.75) is 26.1 Å². The van der Waals surface area contributed by atoms with Crippen molar-refractivity contribution >= 4 is 18.0 Å². The van der Waals surface area contributed by atoms with Gasteiger partial charge in [0.15, 0.2) is 0 Å². The van der Waals surface area contributed by atoms with Crippen LogP contribution in [-0.4, -0.2) is 36.3 Å². The summed E-state index contributed by atoms with van der Waals surface area (Å²) in [5.74, 6) is -4.39. The van der Waals surface area contributed by atoms with E-state index in [2.05, 4.69) is 10.3 Å². The van der Waals surface area contributed by atoms with Crippen LogP contribution in [0.3, 0.4) is 0 Å². The zero-order chi connectivity index (χ0) is 25.7. The van der Waals surface area contributed by atoms with Gasteiger partial charge in [0, 0.05) is 67.9 Å². The number of nitrogens with one attached hydrogen (secondary N) is 1. The van der Waals surface area contributed by atoms with Gasteiger partial charge in [-0.15, -0.1) is 0 Å². The summed E-state index contributed by atoms with van der Waals surface area (Å²) in [6, 6.07) is 6.97. The molecular weight excluding hydrogens is 464 g/mol. The summed E-state index contributed by atoms with van der Waals surface area (Å²) in [5, 5.41) is 2.43. The molecule has 1 heterocycles. The van der Waals surface area contributed by atoms with E-state index in [1.807, 2.05) is 0 Å². The number of rotatable bonds is 9. The van der Waals surface area contributed by atoms with Crippen LogP contribution >= 0.6 is 0 Å². The van der Waals surface area contributed by atoms with Crippen LogP contribution in [0.15, 0.2) is 48.8 Å². The van der Waals surface area contributed by atoms with Crippen LogP contribution in [0.1, 0.15) is 40.0 Å². The quantitative estimate of drug-likeness (QED) is 0.359. The highest BCUT2D eigenvalue weighted by Crippen LogP contribution is 2.31. The standard InChI is InChI=1S/C25H24F4N4O2/c1-15(33(3)14-34)19-5-4-16(8-24(19)32(2)13-17-6-7-30-12-23(17)29)25(35)31-11-20-21(27)9-18(26)10-22(20)28/h4-10,12,14-15H,11,13H2,1-3H3,(H,31,35). The minimum Gasteiger partial charge on any atom is -0.370 e. The van der Waals surface area contributed by atoms with Crippen LogP contribution in [0, 0.1) is 23.3 Å². The third-order valence-corrected chi connectivity index (χ3v) is 5.73. The van der Waals surface area contributed by atoms with Crippen molar-refractivity contribution in [3.63, 3.8) is 0 Å². The molecule has 0 saturated carbocycles. The van der Waals surface area contributed by atoms with E-state index in [-0.39, 0.29) is 18.2 Å². The highest BCUT2D eigenvalue weighted by atomic mass is 19.1. The van der Waals surface area contributed by atoms with Gasteiger partial charge < -0.3 is 15.1 Å². The molecule has 184 valence electrons. The van der Waals surface area contributed by atoms with E-state index in [0.717, 1.165) is 6.20 Å². The lowest BCUT2D eigenvalue weighted by Gasteiger charge is -2.29. The van der Waals surface area contributed by atoms with Gasteiger partial charge in [0.1, 0.15) is 23.3 Å². The second kappa shape index (κ2) is 11.0. The fourth-order valence-corrected chi connectivity index (χ4v) is 3.56. The molecule has 0 spiro atoms. The lowest BCUT2D eigenvalue weighted by molar-refractivity contribution is -0.118. The zero-order valence-electron chi connectivity index (χ0n) is 19.4. The maximum Gasteiger partial charge on any atom is 0.251 e. The molecule has 3 rings (SSSR count). The zero-order valence-corrected chi connectivity index (χ0v) is 19.4. The maximum absolute atomic E-state index is 14.2. The Morgan fingerprint density at radius 1 is 1.06 bits per heavy atom. The molecule has 35 heavy (non-hydrogen) atoms. The van der Waals surface area contributed by atoms with Gasteiger partial charge in [-0.2, -0.15) is 0 Å². The highest BCUT2D eigenvalue weighted by molar-refractivity contribution is 5.95. The molecule has 6 nitrogen and oxygen atoms in total. The van der Waals surface area contributed by atoms with Crippen LogP contribution in [0.25, 0.3) is 0 Å². The van der Waals surface area contributed by atoms with E-state index in [9.17, 15) is 27.2 Å². The Labute approximate surface area is 200 Å². The molecular formula is C25H24F4N4O2. The molecule has 1 aromatic heterocycles. The molecule has 2 aromatic carbocycles. The second-order valence-corrected chi connectivity index (χ2v) is 8.07. The number of carbonyl (C=O) groups is 2. The van der Waals surface area contributed by atoms with E-state index in [0.29, 0.717) is 35.4 Å². The van der Waals surface area contributed by atoms with Crippen LogP contribution in [0.4, 0.5) is 23.2 Å². The van der Waals surface area contributed by atoms with Gasteiger partial charge in [0.25, 0.3) is 5.91 Å². The Kier molecular flexibility index (Phi) is 8.06. The second-order valence-electron chi connectivity index (χ2n) is 8.07. The smallest absolute Gasteiger partial charge is 0.251 e. The molecule has 1 unspecified atom stereocenters. The average Bonchev–Trinajstić information content (AvgIpc) is 2.83. The van der Waals surface area contributed by atoms with Crippen molar-refractivity contribution in [1.29, 1.82) is 0 Å². The number of hydrogen-bond donors (Lipinski definition) is 1. The number of amides is 2. The van der Waals surface area contributed by atoms with Gasteiger partial charge in [-0.05, 0) is 30.7 Å². The fourth-order valence-electron chi connectivity index (χ4n) is 3.56. The molecule has 10 heteroatoms. The monoisotopic (exact) mass is 488 g/mol. The van der Waals surface area contributed by atoms with Crippen molar-refractivity contribution in [3.05, 3.63) is 94.3 Å². The topological polar surface area (TPSA) is 65.5 Å². The van der Waals surface area contributed by atoms with Crippen LogP contribution in [0.5, 0.6) is 0 Å². The van der Waals surface area contributed by atoms with Crippen molar-refractivity contribution in [1.82, 2.24) is 15.2 Å². The van der Waals surface area contributed by atoms with Crippen molar-refractivity contribution in [2.75, 3.05) is 19.0 Å². The van der Waals surface area contributed by atoms with E-state index in [1.165, 1.54) is 23.2 Å². The summed E-state index contributed by atoms with van der Waals surface area (Å²) in [5.41, 5.74) is 1.33. The van der Waals surface area contributed by atoms with Gasteiger partial charge in [-0.25, -0.2) is 17.6 Å². The van der Waals surface area contributed by atoms with Crippen molar-refractivity contribution in [2.24, 2.45) is 0 Å². The van der Waals surface area contributed by atoms with E-state index in [1.54, 1.807) is 38.1 Å². The lowest BCUT2D eigenvalue weighted by Crippen LogP contribution is -2.27. The molecule has 0 fully saturated rings. The molecule has 0 saturated heterocycles. The minimum atomic E-state index is -1.11. The van der Waals surface area contributed by atoms with Gasteiger partial charge >= 0.3 is 0 Å². The summed E-state index contributed by atoms with van der Waals surface area (Å²) in [6.45, 7) is 1.46. The number of nitrogens with zero attached hydrogens (tertiary/aromatic N) is 3. The summed E-state index contributed by atoms with van der Waals surface area (Å²) in [4.78, 5) is 31.0. The summed E-state index contributed by atoms with van der Waals surface area (Å²) < 4.78 is 55.1. The molecule has 0 bridgehead atoms. The third kappa shape index (κ3) is 5.95. The van der Waals surface area contributed by atoms with Gasteiger partial charge in [0.05, 0.1) is 12.2 Å². The Morgan fingerprint density at radius 2 is 1.74 bits per heavy atom. The molecule has 3 aromatic rings. The maximum atomic E-state index is 14.2. The normalized spacial score (nSPS) is 11.6. The fraction of sp³-hybridized carbons (Fsp3) is 0.240. The van der Waals surface area contributed by atoms with E-state index in [4.69, 9.17) is 0 Å². The molecule has 0 aliphatic heterocycles. The SMILES string of the molecule is CC(c1ccc(C(=O)NCc2c(F)cc(F)cc2F)cc1N(C)Cc1ccncc1F)N(C)C=O. The van der Waals surface area contributed by atoms with Gasteiger partial charge in [0.2, 0.25) is 6.41 Å². The number of halogens is 4. The Bertz CT molecular complexity index is 1210. The number of benzene rings is 2. The predicted octanol–water partition coefficient (Wildman–Crippen LogP) is 4.35. The average molecular weight is 488 g/mol. The van der Waals surface area contributed by atoms with Crippen LogP contribution in [-0.2, 0) is 17.9 Å². The largest absolute Gasteiger partial charge is 0.370 e. The van der Waals surface area contributed by atoms with Gasteiger partial charge in [-0.3, -0.25) is 14.6 Å². The van der Waals surface area contributed by atoms with Gasteiger partial charge in [-0.1, -0.05) is 6.07 Å². The summed E-state index contributed by atoms with van der Waals surface area (Å²) >= 11 is 0. The Hall–Kier alpha value is -3.95. The number of hydrogen-bond acceptors (Lipinski definition) is 4. The molecule has 0 aliphatic carbocycles. The molecule has 1 N–H and O–H groups in total. The first-order chi connectivity index (χ1) is 16.6. The number of carbonyl (C=O) groups excluding carboxylic acids is 2. The predicted molar refractivity (Wildman–Crippen MR) is 122 cm³/mol. The number of anilines is 1. The Balaban J connectivity index is 1.90. The first-order valence-corrected chi connectivity index (χ1v) is 10.6. The lowest BCUT2D eigenvalue weighted by atomic mass is 10.0. The first-order valence-electron chi connectivity index (χ1n) is 10.6. The van der Waals surface area contributed by atoms with Crippen molar-refractivity contribution in [3.8, 4) is 0 Å². The summed E-state index contributed by atoms with van der Waals surface area (Å²) in [7, 11) is 3.31. The molecule has 2 amide bonds. The summed E-state index contributed by atoms with van der Waals surface area (Å²) in [6.07, 6.45) is 3.24. The highest BCUT2D eigenvalue weighted by Gasteiger charge is 2.20. The van der Waals surface area contributed by atoms with E-state index >= 15 is 0 Å². The van der Waals surface area contributed by atoms with Crippen LogP contribution < -0.4 is 10.2 Å². The number of aromatic nitrogens is 1. The third-order valence-electron chi connectivity index (χ3n) is 5.73. The van der Waals surface area contributed by atoms with Crippen LogP contribution in [0.2, 0.25) is 0 Å². The molecule has 0 aliphatic rings.